The van der Waals surface area contributed by atoms with Crippen LogP contribution in [-0.4, -0.2) is 11.1 Å². The fraction of sp³-hybridized carbons (Fsp3) is 0.222. The van der Waals surface area contributed by atoms with Crippen molar-refractivity contribution in [3.8, 4) is 0 Å². The minimum atomic E-state index is -0.845. The van der Waals surface area contributed by atoms with Crippen LogP contribution in [0, 0.1) is 0 Å². The molecule has 1 heterocycles. The van der Waals surface area contributed by atoms with Crippen molar-refractivity contribution in [3.63, 3.8) is 0 Å². The normalized spacial score (nSPS) is 10.0. The van der Waals surface area contributed by atoms with Crippen LogP contribution in [0.3, 0.4) is 0 Å². The van der Waals surface area contributed by atoms with E-state index in [0.717, 1.165) is 0 Å². The largest absolute Gasteiger partial charge is 0.478 e. The lowest BCUT2D eigenvalue weighted by molar-refractivity contribution is -0.132. The summed E-state index contributed by atoms with van der Waals surface area (Å²) in [5.74, 6) is -0.845. The Morgan fingerprint density at radius 1 is 1.42 bits per heavy atom. The smallest absolute Gasteiger partial charge is 0.330 e. The molecule has 0 unspecified atom stereocenters. The highest BCUT2D eigenvalue weighted by Gasteiger charge is 1.93. The number of aliphatic carboxylic acids is 1. The average Bonchev–Trinajstić information content (AvgIpc) is 2.59. The van der Waals surface area contributed by atoms with Crippen LogP contribution in [0.1, 0.15) is 13.8 Å². The summed E-state index contributed by atoms with van der Waals surface area (Å²) >= 11 is 0. The number of carbonyl (C=O) groups is 1. The van der Waals surface area contributed by atoms with Crippen molar-refractivity contribution in [2.75, 3.05) is 0 Å². The Kier molecular flexibility index (Phi) is 5.43. The maximum absolute atomic E-state index is 9.86. The van der Waals surface area contributed by atoms with Crippen LogP contribution >= 0.6 is 0 Å². The monoisotopic (exact) mass is 168 g/mol. The van der Waals surface area contributed by atoms with Crippen molar-refractivity contribution in [1.82, 2.24) is 0 Å². The molecule has 1 aromatic rings. The molecule has 1 rings (SSSR count). The molecule has 0 bridgehead atoms. The number of hydrogen-bond donors (Lipinski definition) is 1. The third kappa shape index (κ3) is 5.29. The van der Waals surface area contributed by atoms with E-state index in [1.165, 1.54) is 0 Å². The summed E-state index contributed by atoms with van der Waals surface area (Å²) < 4.78 is 4.58. The second-order valence-electron chi connectivity index (χ2n) is 2.07. The van der Waals surface area contributed by atoms with E-state index in [9.17, 15) is 4.79 Å². The van der Waals surface area contributed by atoms with Crippen molar-refractivity contribution in [2.24, 2.45) is 0 Å². The van der Waals surface area contributed by atoms with E-state index in [1.54, 1.807) is 32.4 Å². The number of furan rings is 1. The van der Waals surface area contributed by atoms with Gasteiger partial charge in [-0.2, -0.15) is 0 Å². The summed E-state index contributed by atoms with van der Waals surface area (Å²) in [6, 6.07) is 3.67. The predicted octanol–water partition coefficient (Wildman–Crippen LogP) is 2.32. The Hall–Kier alpha value is -1.51. The van der Waals surface area contributed by atoms with E-state index >= 15 is 0 Å². The molecule has 3 heteroatoms. The summed E-state index contributed by atoms with van der Waals surface area (Å²) in [4.78, 5) is 9.86. The van der Waals surface area contributed by atoms with Gasteiger partial charge in [0, 0.05) is 5.57 Å². The predicted molar refractivity (Wildman–Crippen MR) is 45.8 cm³/mol. The lowest BCUT2D eigenvalue weighted by atomic mass is 10.3. The van der Waals surface area contributed by atoms with Gasteiger partial charge >= 0.3 is 5.97 Å². The van der Waals surface area contributed by atoms with Crippen LogP contribution in [0.2, 0.25) is 0 Å². The van der Waals surface area contributed by atoms with Gasteiger partial charge in [0.2, 0.25) is 0 Å². The quantitative estimate of drug-likeness (QED) is 0.654. The average molecular weight is 168 g/mol. The fourth-order valence-corrected chi connectivity index (χ4v) is 0.350. The number of allylic oxidation sites excluding steroid dienone is 1. The van der Waals surface area contributed by atoms with Gasteiger partial charge in [-0.15, -0.1) is 0 Å². The van der Waals surface area contributed by atoms with Crippen LogP contribution in [0.5, 0.6) is 0 Å². The molecule has 1 N–H and O–H groups in total. The summed E-state index contributed by atoms with van der Waals surface area (Å²) in [6.45, 7) is 3.26. The van der Waals surface area contributed by atoms with Crippen LogP contribution in [0.25, 0.3) is 0 Å². The number of carboxylic acid groups (broad SMARTS) is 1. The van der Waals surface area contributed by atoms with Gasteiger partial charge in [0.25, 0.3) is 0 Å². The van der Waals surface area contributed by atoms with Crippen LogP contribution in [-0.2, 0) is 4.79 Å². The Bertz CT molecular complexity index is 217. The van der Waals surface area contributed by atoms with E-state index < -0.39 is 5.97 Å². The zero-order chi connectivity index (χ0) is 9.40. The highest BCUT2D eigenvalue weighted by molar-refractivity contribution is 5.85. The molecule has 3 nitrogen and oxygen atoms in total. The molecule has 0 aliphatic carbocycles. The maximum Gasteiger partial charge on any atom is 0.330 e. The van der Waals surface area contributed by atoms with Crippen molar-refractivity contribution in [2.45, 2.75) is 13.8 Å². The summed E-state index contributed by atoms with van der Waals surface area (Å²) in [6.07, 6.45) is 4.81. The second kappa shape index (κ2) is 6.22. The van der Waals surface area contributed by atoms with Gasteiger partial charge in [0.15, 0.2) is 0 Å². The van der Waals surface area contributed by atoms with Gasteiger partial charge in [-0.3, -0.25) is 0 Å². The third-order valence-electron chi connectivity index (χ3n) is 1.20. The fourth-order valence-electron chi connectivity index (χ4n) is 0.350. The molecule has 0 amide bonds. The second-order valence-corrected chi connectivity index (χ2v) is 2.07. The molecule has 66 valence electrons. The maximum atomic E-state index is 9.86. The molecule has 0 saturated carbocycles. The Balaban J connectivity index is 0.000000211. The molecule has 0 spiro atoms. The highest BCUT2D eigenvalue weighted by atomic mass is 16.4. The first kappa shape index (κ1) is 10.5. The van der Waals surface area contributed by atoms with Crippen molar-refractivity contribution in [1.29, 1.82) is 0 Å². The molecule has 0 aromatic carbocycles. The molecule has 12 heavy (non-hydrogen) atoms. The van der Waals surface area contributed by atoms with Gasteiger partial charge in [0.05, 0.1) is 12.5 Å². The van der Waals surface area contributed by atoms with Gasteiger partial charge in [-0.25, -0.2) is 4.79 Å². The first-order chi connectivity index (χ1) is 5.68. The Morgan fingerprint density at radius 3 is 2.00 bits per heavy atom. The van der Waals surface area contributed by atoms with Gasteiger partial charge < -0.3 is 9.52 Å². The molecule has 0 fully saturated rings. The lowest BCUT2D eigenvalue weighted by Crippen LogP contribution is -1.93. The zero-order valence-corrected chi connectivity index (χ0v) is 7.15. The van der Waals surface area contributed by atoms with Crippen LogP contribution < -0.4 is 0 Å². The van der Waals surface area contributed by atoms with E-state index in [0.29, 0.717) is 5.57 Å². The highest BCUT2D eigenvalue weighted by Crippen LogP contribution is 1.87. The van der Waals surface area contributed by atoms with Crippen molar-refractivity contribution in [3.05, 3.63) is 36.3 Å². The first-order valence-electron chi connectivity index (χ1n) is 3.52. The van der Waals surface area contributed by atoms with E-state index in [4.69, 9.17) is 5.11 Å². The zero-order valence-electron chi connectivity index (χ0n) is 7.15. The molecule has 0 radical (unpaired) electrons. The van der Waals surface area contributed by atoms with Crippen LogP contribution in [0.15, 0.2) is 40.7 Å². The first-order valence-corrected chi connectivity index (χ1v) is 3.52. The van der Waals surface area contributed by atoms with Crippen molar-refractivity contribution >= 4 is 5.97 Å². The number of rotatable bonds is 1. The Labute approximate surface area is 71.3 Å². The Morgan fingerprint density at radius 2 is 1.92 bits per heavy atom. The molecule has 0 aliphatic heterocycles. The molecular formula is C9H12O3. The summed E-state index contributed by atoms with van der Waals surface area (Å²) in [5.41, 5.74) is 0.389. The lowest BCUT2D eigenvalue weighted by Gasteiger charge is -1.84. The van der Waals surface area contributed by atoms with Gasteiger partial charge in [-0.1, -0.05) is 6.08 Å². The van der Waals surface area contributed by atoms with E-state index in [2.05, 4.69) is 4.42 Å². The molecule has 0 aliphatic rings. The standard InChI is InChI=1S/C5H8O2.C4H4O/c1-3-4(2)5(6)7;1-2-4-5-3-1/h3H,1-2H3,(H,6,7);1-4H. The minimum absolute atomic E-state index is 0.389. The molecular weight excluding hydrogens is 156 g/mol. The van der Waals surface area contributed by atoms with Crippen molar-refractivity contribution < 1.29 is 14.3 Å². The van der Waals surface area contributed by atoms with Gasteiger partial charge in [0.1, 0.15) is 0 Å². The summed E-state index contributed by atoms with van der Waals surface area (Å²) in [7, 11) is 0. The summed E-state index contributed by atoms with van der Waals surface area (Å²) in [5, 5.41) is 8.11. The van der Waals surface area contributed by atoms with E-state index in [-0.39, 0.29) is 0 Å². The topological polar surface area (TPSA) is 50.4 Å². The molecule has 1 aromatic heterocycles. The number of hydrogen-bond acceptors (Lipinski definition) is 2. The third-order valence-corrected chi connectivity index (χ3v) is 1.20. The van der Waals surface area contributed by atoms with Gasteiger partial charge in [-0.05, 0) is 26.0 Å². The van der Waals surface area contributed by atoms with Crippen LogP contribution in [0.4, 0.5) is 0 Å². The number of carboxylic acids is 1. The minimum Gasteiger partial charge on any atom is -0.478 e. The van der Waals surface area contributed by atoms with E-state index in [1.807, 2.05) is 12.1 Å². The SMILES string of the molecule is CC=C(C)C(=O)O.c1ccoc1. The molecule has 0 atom stereocenters. The molecule has 0 saturated heterocycles.